The van der Waals surface area contributed by atoms with Gasteiger partial charge < -0.3 is 14.6 Å². The molecule has 1 unspecified atom stereocenters. The highest BCUT2D eigenvalue weighted by Gasteiger charge is 2.16. The second-order valence-electron chi connectivity index (χ2n) is 25.0. The third-order valence-corrected chi connectivity index (χ3v) is 16.3. The van der Waals surface area contributed by atoms with E-state index in [0.29, 0.717) is 12.8 Å². The zero-order valence-electron chi connectivity index (χ0n) is 58.9. The molecule has 90 heavy (non-hydrogen) atoms. The molecular formula is C85H142O5. The fraction of sp³-hybridized carbons (Fsp3) is 0.671. The number of carbonyl (C=O) groups excluding carboxylic acids is 2. The Bertz CT molecular complexity index is 1900. The zero-order valence-corrected chi connectivity index (χ0v) is 58.9. The first-order chi connectivity index (χ1) is 44.6. The van der Waals surface area contributed by atoms with E-state index in [0.717, 1.165) is 122 Å². The predicted octanol–water partition coefficient (Wildman–Crippen LogP) is 27.0. The molecule has 0 heterocycles. The number of carbonyl (C=O) groups is 2. The van der Waals surface area contributed by atoms with Crippen LogP contribution in [0, 0.1) is 0 Å². The van der Waals surface area contributed by atoms with E-state index in [4.69, 9.17) is 9.47 Å². The van der Waals surface area contributed by atoms with Crippen LogP contribution in [0.25, 0.3) is 0 Å². The van der Waals surface area contributed by atoms with Crippen LogP contribution in [0.4, 0.5) is 0 Å². The SMILES string of the molecule is CC/C=C\C/C=C\C/C=C\C/C=C\C/C=C\C/C=C\C/C=C\C/C=C\C/C=C\C/C=C\CCCCCCCCC(=O)OC(CO)COC(=O)CCCCCCCCCCCCCCCCCCCCCCCCCC/C=C\C/C=C\C/C=C\CCCCCCC. The molecule has 0 aliphatic carbocycles. The molecular weight excluding hydrogens is 1100 g/mol. The van der Waals surface area contributed by atoms with Crippen molar-refractivity contribution in [2.24, 2.45) is 0 Å². The van der Waals surface area contributed by atoms with Gasteiger partial charge in [0.05, 0.1) is 6.61 Å². The van der Waals surface area contributed by atoms with E-state index in [2.05, 4.69) is 172 Å². The number of rotatable bonds is 69. The maximum Gasteiger partial charge on any atom is 0.306 e. The van der Waals surface area contributed by atoms with E-state index in [9.17, 15) is 14.7 Å². The van der Waals surface area contributed by atoms with Crippen molar-refractivity contribution >= 4 is 11.9 Å². The van der Waals surface area contributed by atoms with Crippen molar-refractivity contribution < 1.29 is 24.2 Å². The Morgan fingerprint density at radius 1 is 0.267 bits per heavy atom. The monoisotopic (exact) mass is 1240 g/mol. The fourth-order valence-corrected chi connectivity index (χ4v) is 10.7. The smallest absolute Gasteiger partial charge is 0.306 e. The Kier molecular flexibility index (Phi) is 74.8. The maximum absolute atomic E-state index is 12.4. The first-order valence-electron chi connectivity index (χ1n) is 38.0. The molecule has 512 valence electrons. The van der Waals surface area contributed by atoms with E-state index in [-0.39, 0.29) is 25.2 Å². The molecule has 1 atom stereocenters. The molecule has 0 saturated carbocycles. The highest BCUT2D eigenvalue weighted by atomic mass is 16.6. The van der Waals surface area contributed by atoms with Crippen LogP contribution in [0.3, 0.4) is 0 Å². The molecule has 0 bridgehead atoms. The average Bonchev–Trinajstić information content (AvgIpc) is 3.62. The minimum absolute atomic E-state index is 0.0775. The number of esters is 2. The maximum atomic E-state index is 12.4. The second kappa shape index (κ2) is 78.8. The fourth-order valence-electron chi connectivity index (χ4n) is 10.7. The standard InChI is InChI=1S/C85H142O5/c1-3-5-7-9-11-13-15-17-19-21-23-25-27-29-31-33-35-37-39-41-42-44-45-47-49-51-53-55-57-59-61-63-65-67-69-71-73-75-77-79-84(87)89-82-83(81-86)90-85(88)80-78-76-74-72-70-68-66-64-62-60-58-56-54-52-50-48-46-43-40-38-36-34-32-30-28-26-24-22-20-18-16-14-12-10-8-6-4-2/h6,8,12,14-15,17-18,20-21,23-24,26-27,29-30,32,36,38,43,46,50,52,56,58,62,64,83,86H,3-5,7,9-11,13,16,19,22,25,28,31,33-35,37,39-42,44-45,47-49,51,53-55,57,59-61,63,65-82H2,1-2H3/b8-6-,14-12-,17-15-,20-18-,23-21-,26-24-,29-27-,32-30-,38-36-,46-43-,52-50-,58-56-,64-62-. The lowest BCUT2D eigenvalue weighted by atomic mass is 10.0. The van der Waals surface area contributed by atoms with E-state index in [1.807, 2.05) is 0 Å². The van der Waals surface area contributed by atoms with Crippen molar-refractivity contribution in [1.82, 2.24) is 0 Å². The summed E-state index contributed by atoms with van der Waals surface area (Å²) in [4.78, 5) is 24.7. The highest BCUT2D eigenvalue weighted by molar-refractivity contribution is 5.70. The molecule has 0 aromatic heterocycles. The molecule has 0 radical (unpaired) electrons. The average molecular weight is 1240 g/mol. The predicted molar refractivity (Wildman–Crippen MR) is 398 cm³/mol. The minimum Gasteiger partial charge on any atom is -0.462 e. The van der Waals surface area contributed by atoms with Crippen LogP contribution in [-0.2, 0) is 19.1 Å². The Morgan fingerprint density at radius 3 is 0.722 bits per heavy atom. The third-order valence-electron chi connectivity index (χ3n) is 16.3. The summed E-state index contributed by atoms with van der Waals surface area (Å²) in [6.45, 7) is 4.02. The first kappa shape index (κ1) is 85.5. The molecule has 0 spiro atoms. The summed E-state index contributed by atoms with van der Waals surface area (Å²) >= 11 is 0. The lowest BCUT2D eigenvalue weighted by Gasteiger charge is -2.15. The summed E-state index contributed by atoms with van der Waals surface area (Å²) in [5.74, 6) is -0.604. The lowest BCUT2D eigenvalue weighted by Crippen LogP contribution is -2.28. The molecule has 0 amide bonds. The van der Waals surface area contributed by atoms with Crippen molar-refractivity contribution in [3.8, 4) is 0 Å². The number of unbranched alkanes of at least 4 members (excludes halogenated alkanes) is 35. The van der Waals surface area contributed by atoms with Crippen LogP contribution < -0.4 is 0 Å². The molecule has 0 rings (SSSR count). The van der Waals surface area contributed by atoms with Crippen LogP contribution >= 0.6 is 0 Å². The number of hydrogen-bond donors (Lipinski definition) is 1. The van der Waals surface area contributed by atoms with Gasteiger partial charge in [0.2, 0.25) is 0 Å². The van der Waals surface area contributed by atoms with Crippen LogP contribution in [0.1, 0.15) is 348 Å². The van der Waals surface area contributed by atoms with Gasteiger partial charge in [-0.05, 0) is 128 Å². The van der Waals surface area contributed by atoms with Gasteiger partial charge in [-0.15, -0.1) is 0 Å². The van der Waals surface area contributed by atoms with Crippen molar-refractivity contribution in [1.29, 1.82) is 0 Å². The van der Waals surface area contributed by atoms with Gasteiger partial charge in [0.1, 0.15) is 6.61 Å². The summed E-state index contributed by atoms with van der Waals surface area (Å²) in [6.07, 6.45) is 120. The molecule has 0 aromatic rings. The largest absolute Gasteiger partial charge is 0.462 e. The van der Waals surface area contributed by atoms with Crippen LogP contribution in [0.5, 0.6) is 0 Å². The van der Waals surface area contributed by atoms with E-state index in [1.54, 1.807) is 0 Å². The minimum atomic E-state index is -0.791. The summed E-state index contributed by atoms with van der Waals surface area (Å²) in [7, 11) is 0. The molecule has 0 saturated heterocycles. The normalized spacial score (nSPS) is 13.1. The molecule has 0 aliphatic rings. The lowest BCUT2D eigenvalue weighted by molar-refractivity contribution is -0.161. The highest BCUT2D eigenvalue weighted by Crippen LogP contribution is 2.18. The van der Waals surface area contributed by atoms with Gasteiger partial charge in [0, 0.05) is 12.8 Å². The number of ether oxygens (including phenoxy) is 2. The molecule has 0 aliphatic heterocycles. The Morgan fingerprint density at radius 2 is 0.478 bits per heavy atom. The van der Waals surface area contributed by atoms with Crippen molar-refractivity contribution in [3.63, 3.8) is 0 Å². The summed E-state index contributed by atoms with van der Waals surface area (Å²) in [5.41, 5.74) is 0. The van der Waals surface area contributed by atoms with E-state index >= 15 is 0 Å². The van der Waals surface area contributed by atoms with E-state index in [1.165, 1.54) is 199 Å². The van der Waals surface area contributed by atoms with Crippen LogP contribution in [0.15, 0.2) is 158 Å². The zero-order chi connectivity index (χ0) is 64.7. The molecule has 5 heteroatoms. The van der Waals surface area contributed by atoms with Crippen molar-refractivity contribution in [2.75, 3.05) is 13.2 Å². The van der Waals surface area contributed by atoms with Crippen molar-refractivity contribution in [2.45, 2.75) is 354 Å². The van der Waals surface area contributed by atoms with Gasteiger partial charge in [-0.1, -0.05) is 364 Å². The van der Waals surface area contributed by atoms with Gasteiger partial charge in [0.15, 0.2) is 6.10 Å². The van der Waals surface area contributed by atoms with E-state index < -0.39 is 6.10 Å². The molecule has 0 fully saturated rings. The first-order valence-corrected chi connectivity index (χ1v) is 38.0. The Balaban J connectivity index is 3.52. The molecule has 5 nitrogen and oxygen atoms in total. The van der Waals surface area contributed by atoms with Gasteiger partial charge in [-0.25, -0.2) is 0 Å². The Labute approximate surface area is 558 Å². The van der Waals surface area contributed by atoms with Gasteiger partial charge in [-0.3, -0.25) is 9.59 Å². The van der Waals surface area contributed by atoms with Crippen LogP contribution in [-0.4, -0.2) is 36.4 Å². The third kappa shape index (κ3) is 76.0. The molecule has 1 N–H and O–H groups in total. The topological polar surface area (TPSA) is 72.8 Å². The summed E-state index contributed by atoms with van der Waals surface area (Å²) in [5, 5.41) is 9.72. The van der Waals surface area contributed by atoms with Gasteiger partial charge >= 0.3 is 11.9 Å². The summed E-state index contributed by atoms with van der Waals surface area (Å²) < 4.78 is 10.8. The second-order valence-corrected chi connectivity index (χ2v) is 25.0. The summed E-state index contributed by atoms with van der Waals surface area (Å²) in [6, 6.07) is 0. The quantitative estimate of drug-likeness (QED) is 0.0373. The van der Waals surface area contributed by atoms with Gasteiger partial charge in [0.25, 0.3) is 0 Å². The number of hydrogen-bond acceptors (Lipinski definition) is 5. The van der Waals surface area contributed by atoms with Gasteiger partial charge in [-0.2, -0.15) is 0 Å². The number of allylic oxidation sites excluding steroid dienone is 26. The Hall–Kier alpha value is -4.48. The molecule has 0 aromatic carbocycles. The number of aliphatic hydroxyl groups excluding tert-OH is 1. The number of aliphatic hydroxyl groups is 1. The van der Waals surface area contributed by atoms with Crippen LogP contribution in [0.2, 0.25) is 0 Å². The van der Waals surface area contributed by atoms with Crippen molar-refractivity contribution in [3.05, 3.63) is 158 Å².